The summed E-state index contributed by atoms with van der Waals surface area (Å²) >= 11 is 5.93. The average molecular weight is 440 g/mol. The van der Waals surface area contributed by atoms with Gasteiger partial charge in [0.15, 0.2) is 5.11 Å². The van der Waals surface area contributed by atoms with Crippen molar-refractivity contribution in [1.29, 1.82) is 0 Å². The van der Waals surface area contributed by atoms with Gasteiger partial charge < -0.3 is 15.0 Å². The predicted molar refractivity (Wildman–Crippen MR) is 135 cm³/mol. The van der Waals surface area contributed by atoms with Gasteiger partial charge in [0.25, 0.3) is 0 Å². The summed E-state index contributed by atoms with van der Waals surface area (Å²) in [4.78, 5) is 4.80. The van der Waals surface area contributed by atoms with Gasteiger partial charge in [-0.15, -0.1) is 0 Å². The molecule has 0 aliphatic carbocycles. The number of hydrogen-bond donors (Lipinski definition) is 1. The van der Waals surface area contributed by atoms with Crippen molar-refractivity contribution in [3.63, 3.8) is 0 Å². The zero-order valence-electron chi connectivity index (χ0n) is 19.5. The van der Waals surface area contributed by atoms with Gasteiger partial charge in [-0.25, -0.2) is 0 Å². The minimum Gasteiger partial charge on any atom is -0.379 e. The number of morpholine rings is 1. The second-order valence-corrected chi connectivity index (χ2v) is 9.23. The maximum Gasteiger partial charge on any atom is 0.173 e. The lowest BCUT2D eigenvalue weighted by Crippen LogP contribution is -2.40. The quantitative estimate of drug-likeness (QED) is 0.560. The number of nitrogens with zero attached hydrogens (tertiary/aromatic N) is 2. The normalized spacial score (nSPS) is 14.6. The van der Waals surface area contributed by atoms with Gasteiger partial charge in [0, 0.05) is 38.4 Å². The summed E-state index contributed by atoms with van der Waals surface area (Å²) in [6, 6.07) is 15.1. The Balaban J connectivity index is 1.71. The smallest absolute Gasteiger partial charge is 0.173 e. The van der Waals surface area contributed by atoms with Crippen LogP contribution in [0.25, 0.3) is 0 Å². The van der Waals surface area contributed by atoms with Crippen LogP contribution in [0.3, 0.4) is 0 Å². The molecule has 0 unspecified atom stereocenters. The van der Waals surface area contributed by atoms with Crippen LogP contribution in [0.4, 0.5) is 5.69 Å². The van der Waals surface area contributed by atoms with Crippen molar-refractivity contribution in [3.05, 3.63) is 64.7 Å². The molecule has 168 valence electrons. The molecule has 4 nitrogen and oxygen atoms in total. The number of rotatable bonds is 8. The van der Waals surface area contributed by atoms with E-state index < -0.39 is 0 Å². The molecule has 0 aromatic heterocycles. The molecule has 0 bridgehead atoms. The molecule has 2 aromatic rings. The van der Waals surface area contributed by atoms with Crippen molar-refractivity contribution in [3.8, 4) is 0 Å². The number of benzene rings is 2. The van der Waals surface area contributed by atoms with Gasteiger partial charge >= 0.3 is 0 Å². The van der Waals surface area contributed by atoms with Crippen molar-refractivity contribution < 1.29 is 4.74 Å². The van der Waals surface area contributed by atoms with Crippen molar-refractivity contribution >= 4 is 23.0 Å². The summed E-state index contributed by atoms with van der Waals surface area (Å²) < 4.78 is 5.48. The molecule has 5 heteroatoms. The molecule has 1 N–H and O–H groups in total. The fourth-order valence-corrected chi connectivity index (χ4v) is 4.61. The van der Waals surface area contributed by atoms with E-state index in [0.29, 0.717) is 5.92 Å². The van der Waals surface area contributed by atoms with Crippen LogP contribution in [-0.2, 0) is 11.3 Å². The first-order valence-electron chi connectivity index (χ1n) is 11.4. The van der Waals surface area contributed by atoms with Crippen LogP contribution in [0.2, 0.25) is 0 Å². The number of hydrogen-bond acceptors (Lipinski definition) is 3. The number of anilines is 1. The molecule has 31 heavy (non-hydrogen) atoms. The molecule has 0 saturated carbocycles. The topological polar surface area (TPSA) is 27.7 Å². The average Bonchev–Trinajstić information content (AvgIpc) is 2.73. The molecule has 3 rings (SSSR count). The highest BCUT2D eigenvalue weighted by Gasteiger charge is 2.16. The first-order valence-corrected chi connectivity index (χ1v) is 11.9. The van der Waals surface area contributed by atoms with E-state index in [1.165, 1.54) is 22.3 Å². The first-order chi connectivity index (χ1) is 14.9. The van der Waals surface area contributed by atoms with Crippen molar-refractivity contribution in [2.24, 2.45) is 0 Å². The third-order valence-electron chi connectivity index (χ3n) is 5.89. The summed E-state index contributed by atoms with van der Waals surface area (Å²) in [5.41, 5.74) is 6.35. The number of thiocarbonyl (C=S) groups is 1. The maximum atomic E-state index is 5.93. The van der Waals surface area contributed by atoms with Crippen LogP contribution in [0.15, 0.2) is 42.5 Å². The summed E-state index contributed by atoms with van der Waals surface area (Å²) in [5, 5.41) is 4.38. The number of aryl methyl sites for hydroxylation is 2. The lowest BCUT2D eigenvalue weighted by molar-refractivity contribution is 0.0368. The molecule has 0 spiro atoms. The van der Waals surface area contributed by atoms with Crippen LogP contribution in [-0.4, -0.2) is 54.3 Å². The van der Waals surface area contributed by atoms with Crippen LogP contribution in [0, 0.1) is 13.8 Å². The highest BCUT2D eigenvalue weighted by molar-refractivity contribution is 7.80. The third-order valence-corrected chi connectivity index (χ3v) is 6.25. The molecule has 1 aliphatic heterocycles. The molecular weight excluding hydrogens is 402 g/mol. The fourth-order valence-electron chi connectivity index (χ4n) is 4.34. The van der Waals surface area contributed by atoms with Gasteiger partial charge in [-0.05, 0) is 61.2 Å². The molecule has 1 fully saturated rings. The van der Waals surface area contributed by atoms with Gasteiger partial charge in [0.05, 0.1) is 13.2 Å². The first kappa shape index (κ1) is 23.7. The van der Waals surface area contributed by atoms with Gasteiger partial charge in [0.2, 0.25) is 0 Å². The van der Waals surface area contributed by atoms with E-state index in [-0.39, 0.29) is 0 Å². The summed E-state index contributed by atoms with van der Waals surface area (Å²) in [5.74, 6) is 0.443. The van der Waals surface area contributed by atoms with E-state index in [2.05, 4.69) is 85.3 Å². The van der Waals surface area contributed by atoms with E-state index >= 15 is 0 Å². The van der Waals surface area contributed by atoms with E-state index in [4.69, 9.17) is 17.0 Å². The fraction of sp³-hybridized carbons (Fsp3) is 0.500. The summed E-state index contributed by atoms with van der Waals surface area (Å²) in [6.07, 6.45) is 1.08. The SMILES string of the molecule is Cc1cccc(CN(CCCN2CCOCC2)C(=S)Nc2cccc(C)c2C(C)C)c1. The number of nitrogens with one attached hydrogen (secondary N) is 1. The monoisotopic (exact) mass is 439 g/mol. The van der Waals surface area contributed by atoms with E-state index in [1.54, 1.807) is 0 Å². The van der Waals surface area contributed by atoms with Gasteiger partial charge in [0.1, 0.15) is 0 Å². The third kappa shape index (κ3) is 7.03. The van der Waals surface area contributed by atoms with Gasteiger partial charge in [-0.3, -0.25) is 4.90 Å². The Morgan fingerprint density at radius 1 is 1.13 bits per heavy atom. The Labute approximate surface area is 193 Å². The molecule has 1 aliphatic rings. The lowest BCUT2D eigenvalue weighted by atomic mass is 9.96. The number of ether oxygens (including phenoxy) is 1. The van der Waals surface area contributed by atoms with Crippen LogP contribution in [0.5, 0.6) is 0 Å². The van der Waals surface area contributed by atoms with E-state index in [1.807, 2.05) is 0 Å². The predicted octanol–water partition coefficient (Wildman–Crippen LogP) is 5.35. The van der Waals surface area contributed by atoms with Gasteiger partial charge in [-0.2, -0.15) is 0 Å². The van der Waals surface area contributed by atoms with E-state index in [0.717, 1.165) is 63.2 Å². The molecule has 0 radical (unpaired) electrons. The van der Waals surface area contributed by atoms with Crippen molar-refractivity contribution in [2.45, 2.75) is 46.6 Å². The molecule has 0 amide bonds. The minimum absolute atomic E-state index is 0.443. The maximum absolute atomic E-state index is 5.93. The largest absolute Gasteiger partial charge is 0.379 e. The molecule has 2 aromatic carbocycles. The Morgan fingerprint density at radius 2 is 1.87 bits per heavy atom. The molecular formula is C26H37N3OS. The minimum atomic E-state index is 0.443. The Bertz CT molecular complexity index is 861. The summed E-state index contributed by atoms with van der Waals surface area (Å²) in [7, 11) is 0. The summed E-state index contributed by atoms with van der Waals surface area (Å²) in [6.45, 7) is 15.4. The van der Waals surface area contributed by atoms with Crippen LogP contribution >= 0.6 is 12.2 Å². The second-order valence-electron chi connectivity index (χ2n) is 8.84. The Morgan fingerprint density at radius 3 is 2.58 bits per heavy atom. The van der Waals surface area contributed by atoms with Crippen molar-refractivity contribution in [1.82, 2.24) is 9.80 Å². The molecule has 0 atom stereocenters. The molecule has 1 saturated heterocycles. The highest BCUT2D eigenvalue weighted by atomic mass is 32.1. The van der Waals surface area contributed by atoms with Crippen LogP contribution < -0.4 is 5.32 Å². The zero-order chi connectivity index (χ0) is 22.2. The van der Waals surface area contributed by atoms with Crippen LogP contribution in [0.1, 0.15) is 48.4 Å². The Hall–Kier alpha value is -1.95. The highest BCUT2D eigenvalue weighted by Crippen LogP contribution is 2.28. The van der Waals surface area contributed by atoms with Crippen molar-refractivity contribution in [2.75, 3.05) is 44.7 Å². The van der Waals surface area contributed by atoms with E-state index in [9.17, 15) is 0 Å². The standard InChI is InChI=1S/C26H37N3OS/c1-20(2)25-22(4)9-6-11-24(25)27-26(31)29(19-23-10-5-8-21(3)18-23)13-7-12-28-14-16-30-17-15-28/h5-6,8-11,18,20H,7,12-17,19H2,1-4H3,(H,27,31). The zero-order valence-corrected chi connectivity index (χ0v) is 20.3. The lowest BCUT2D eigenvalue weighted by Gasteiger charge is -2.30. The second kappa shape index (κ2) is 11.6. The Kier molecular flexibility index (Phi) is 8.88. The molecule has 1 heterocycles. The van der Waals surface area contributed by atoms with Gasteiger partial charge in [-0.1, -0.05) is 55.8 Å².